The van der Waals surface area contributed by atoms with E-state index in [4.69, 9.17) is 16.3 Å². The Morgan fingerprint density at radius 3 is 2.29 bits per heavy atom. The Morgan fingerprint density at radius 1 is 0.941 bits per heavy atom. The fourth-order valence-electron chi connectivity index (χ4n) is 1.58. The minimum atomic E-state index is 0.503. The molecule has 2 aromatic carbocycles. The van der Waals surface area contributed by atoms with Crippen LogP contribution in [0, 0.1) is 0 Å². The van der Waals surface area contributed by atoms with Gasteiger partial charge in [-0.1, -0.05) is 37.6 Å². The third-order valence-electron chi connectivity index (χ3n) is 2.57. The quantitative estimate of drug-likeness (QED) is 0.718. The molecule has 0 saturated heterocycles. The Kier molecular flexibility index (Phi) is 3.70. The lowest BCUT2D eigenvalue weighted by Crippen LogP contribution is -1.89. The smallest absolute Gasteiger partial charge is 0.127 e. The van der Waals surface area contributed by atoms with Gasteiger partial charge in [-0.2, -0.15) is 0 Å². The van der Waals surface area contributed by atoms with Crippen LogP contribution in [0.2, 0.25) is 5.02 Å². The van der Waals surface area contributed by atoms with Crippen LogP contribution >= 0.6 is 11.6 Å². The van der Waals surface area contributed by atoms with Crippen molar-refractivity contribution in [3.8, 4) is 11.5 Å². The molecule has 0 heterocycles. The normalized spacial score (nSPS) is 10.6. The summed E-state index contributed by atoms with van der Waals surface area (Å²) in [6, 6.07) is 15.5. The molecule has 0 amide bonds. The lowest BCUT2D eigenvalue weighted by Gasteiger charge is -2.09. The van der Waals surface area contributed by atoms with E-state index >= 15 is 0 Å². The van der Waals surface area contributed by atoms with E-state index in [0.717, 1.165) is 11.5 Å². The Labute approximate surface area is 107 Å². The first-order valence-electron chi connectivity index (χ1n) is 5.68. The van der Waals surface area contributed by atoms with Crippen LogP contribution in [-0.4, -0.2) is 0 Å². The summed E-state index contributed by atoms with van der Waals surface area (Å²) in [5, 5.41) is 0.716. The summed E-state index contributed by atoms with van der Waals surface area (Å²) in [5.41, 5.74) is 1.27. The second-order valence-electron chi connectivity index (χ2n) is 4.28. The molecule has 0 aliphatic heterocycles. The van der Waals surface area contributed by atoms with Crippen LogP contribution in [0.5, 0.6) is 11.5 Å². The van der Waals surface area contributed by atoms with Gasteiger partial charge >= 0.3 is 0 Å². The highest BCUT2D eigenvalue weighted by atomic mass is 35.5. The number of hydrogen-bond donors (Lipinski definition) is 0. The van der Waals surface area contributed by atoms with Gasteiger partial charge in [-0.15, -0.1) is 0 Å². The molecule has 0 N–H and O–H groups in total. The van der Waals surface area contributed by atoms with Crippen molar-refractivity contribution < 1.29 is 4.74 Å². The second-order valence-corrected chi connectivity index (χ2v) is 4.72. The van der Waals surface area contributed by atoms with Crippen molar-refractivity contribution in [3.63, 3.8) is 0 Å². The van der Waals surface area contributed by atoms with E-state index in [0.29, 0.717) is 10.9 Å². The summed E-state index contributed by atoms with van der Waals surface area (Å²) >= 11 is 5.83. The average Bonchev–Trinajstić information content (AvgIpc) is 2.32. The van der Waals surface area contributed by atoms with E-state index < -0.39 is 0 Å². The molecule has 88 valence electrons. The summed E-state index contributed by atoms with van der Waals surface area (Å²) < 4.78 is 5.77. The summed E-state index contributed by atoms with van der Waals surface area (Å²) in [6.45, 7) is 4.34. The highest BCUT2D eigenvalue weighted by Gasteiger charge is 2.02. The molecular weight excluding hydrogens is 232 g/mol. The zero-order valence-electron chi connectivity index (χ0n) is 9.98. The van der Waals surface area contributed by atoms with Crippen LogP contribution in [0.15, 0.2) is 48.5 Å². The zero-order valence-corrected chi connectivity index (χ0v) is 10.7. The van der Waals surface area contributed by atoms with Crippen molar-refractivity contribution in [1.29, 1.82) is 0 Å². The molecule has 0 radical (unpaired) electrons. The van der Waals surface area contributed by atoms with Crippen LogP contribution in [0.1, 0.15) is 25.3 Å². The van der Waals surface area contributed by atoms with Crippen LogP contribution in [0.25, 0.3) is 0 Å². The maximum absolute atomic E-state index is 5.83. The molecule has 0 fully saturated rings. The van der Waals surface area contributed by atoms with Crippen molar-refractivity contribution in [2.45, 2.75) is 19.8 Å². The maximum Gasteiger partial charge on any atom is 0.127 e. The maximum atomic E-state index is 5.83. The number of halogens is 1. The van der Waals surface area contributed by atoms with Crippen molar-refractivity contribution >= 4 is 11.6 Å². The van der Waals surface area contributed by atoms with E-state index in [2.05, 4.69) is 26.0 Å². The largest absolute Gasteiger partial charge is 0.457 e. The molecule has 17 heavy (non-hydrogen) atoms. The van der Waals surface area contributed by atoms with Crippen molar-refractivity contribution in [3.05, 3.63) is 59.1 Å². The first kappa shape index (κ1) is 12.0. The van der Waals surface area contributed by atoms with E-state index in [-0.39, 0.29) is 0 Å². The predicted molar refractivity (Wildman–Crippen MR) is 72.1 cm³/mol. The van der Waals surface area contributed by atoms with Gasteiger partial charge in [0, 0.05) is 5.02 Å². The minimum Gasteiger partial charge on any atom is -0.457 e. The first-order valence-corrected chi connectivity index (χ1v) is 6.06. The van der Waals surface area contributed by atoms with E-state index in [1.165, 1.54) is 5.56 Å². The third kappa shape index (κ3) is 3.24. The molecule has 0 aliphatic carbocycles. The van der Waals surface area contributed by atoms with Gasteiger partial charge in [0.05, 0.1) is 0 Å². The topological polar surface area (TPSA) is 9.23 Å². The molecule has 2 aromatic rings. The van der Waals surface area contributed by atoms with Crippen molar-refractivity contribution in [2.75, 3.05) is 0 Å². The van der Waals surface area contributed by atoms with E-state index in [1.807, 2.05) is 36.4 Å². The zero-order chi connectivity index (χ0) is 12.3. The minimum absolute atomic E-state index is 0.503. The van der Waals surface area contributed by atoms with E-state index in [9.17, 15) is 0 Å². The lowest BCUT2D eigenvalue weighted by atomic mass is 10.0. The molecule has 0 atom stereocenters. The Morgan fingerprint density at radius 2 is 1.65 bits per heavy atom. The Hall–Kier alpha value is -1.47. The Balaban J connectivity index is 2.18. The standard InChI is InChI=1S/C15H15ClO/c1-11(2)12-4-3-5-15(10-12)17-14-8-6-13(16)7-9-14/h3-11H,1-2H3. The number of benzene rings is 2. The Bertz CT molecular complexity index is 489. The monoisotopic (exact) mass is 246 g/mol. The molecule has 0 aliphatic rings. The van der Waals surface area contributed by atoms with Crippen LogP contribution in [0.4, 0.5) is 0 Å². The molecule has 2 rings (SSSR count). The SMILES string of the molecule is CC(C)c1cccc(Oc2ccc(Cl)cc2)c1. The summed E-state index contributed by atoms with van der Waals surface area (Å²) in [6.07, 6.45) is 0. The van der Waals surface area contributed by atoms with Gasteiger partial charge in [0.1, 0.15) is 11.5 Å². The first-order chi connectivity index (χ1) is 8.15. The molecular formula is C15H15ClO. The van der Waals surface area contributed by atoms with Crippen LogP contribution in [-0.2, 0) is 0 Å². The van der Waals surface area contributed by atoms with Crippen molar-refractivity contribution in [1.82, 2.24) is 0 Å². The molecule has 0 bridgehead atoms. The van der Waals surface area contributed by atoms with Gasteiger partial charge in [0.15, 0.2) is 0 Å². The molecule has 0 aromatic heterocycles. The fraction of sp³-hybridized carbons (Fsp3) is 0.200. The summed E-state index contributed by atoms with van der Waals surface area (Å²) in [7, 11) is 0. The van der Waals surface area contributed by atoms with Gasteiger partial charge in [0.2, 0.25) is 0 Å². The predicted octanol–water partition coefficient (Wildman–Crippen LogP) is 5.26. The summed E-state index contributed by atoms with van der Waals surface area (Å²) in [5.74, 6) is 2.16. The molecule has 0 saturated carbocycles. The van der Waals surface area contributed by atoms with Crippen LogP contribution < -0.4 is 4.74 Å². The van der Waals surface area contributed by atoms with Gasteiger partial charge < -0.3 is 4.74 Å². The second kappa shape index (κ2) is 5.24. The number of rotatable bonds is 3. The lowest BCUT2D eigenvalue weighted by molar-refractivity contribution is 0.481. The van der Waals surface area contributed by atoms with E-state index in [1.54, 1.807) is 0 Å². The fourth-order valence-corrected chi connectivity index (χ4v) is 1.70. The van der Waals surface area contributed by atoms with Crippen LogP contribution in [0.3, 0.4) is 0 Å². The highest BCUT2D eigenvalue weighted by molar-refractivity contribution is 6.30. The number of hydrogen-bond acceptors (Lipinski definition) is 1. The molecule has 0 spiro atoms. The third-order valence-corrected chi connectivity index (χ3v) is 2.83. The van der Waals surface area contributed by atoms with Crippen molar-refractivity contribution in [2.24, 2.45) is 0 Å². The molecule has 2 heteroatoms. The van der Waals surface area contributed by atoms with Gasteiger partial charge in [-0.05, 0) is 47.9 Å². The summed E-state index contributed by atoms with van der Waals surface area (Å²) in [4.78, 5) is 0. The number of ether oxygens (including phenoxy) is 1. The molecule has 0 unspecified atom stereocenters. The van der Waals surface area contributed by atoms with Gasteiger partial charge in [-0.3, -0.25) is 0 Å². The highest BCUT2D eigenvalue weighted by Crippen LogP contribution is 2.25. The van der Waals surface area contributed by atoms with Gasteiger partial charge in [-0.25, -0.2) is 0 Å². The average molecular weight is 247 g/mol. The van der Waals surface area contributed by atoms with Gasteiger partial charge in [0.25, 0.3) is 0 Å². The molecule has 1 nitrogen and oxygen atoms in total.